The fourth-order valence-corrected chi connectivity index (χ4v) is 3.22. The van der Waals surface area contributed by atoms with Crippen LogP contribution in [0.15, 0.2) is 79.3 Å². The number of rotatable bonds is 7. The highest BCUT2D eigenvalue weighted by Gasteiger charge is 2.18. The molecule has 2 aromatic carbocycles. The van der Waals surface area contributed by atoms with Crippen molar-refractivity contribution in [3.63, 3.8) is 0 Å². The SMILES string of the molecule is O=C(NCCCn1cc(Cl)cn1)c1cn(-c2ccccc2)nc1-c1ccccc1. The maximum atomic E-state index is 12.9. The van der Waals surface area contributed by atoms with Crippen LogP contribution in [0.3, 0.4) is 0 Å². The minimum atomic E-state index is -0.149. The molecule has 0 bridgehead atoms. The van der Waals surface area contributed by atoms with Gasteiger partial charge in [-0.15, -0.1) is 0 Å². The Labute approximate surface area is 173 Å². The quantitative estimate of drug-likeness (QED) is 0.468. The first-order chi connectivity index (χ1) is 14.2. The highest BCUT2D eigenvalue weighted by molar-refractivity contribution is 6.30. The lowest BCUT2D eigenvalue weighted by Gasteiger charge is -2.06. The largest absolute Gasteiger partial charge is 0.352 e. The maximum Gasteiger partial charge on any atom is 0.255 e. The lowest BCUT2D eigenvalue weighted by Crippen LogP contribution is -2.25. The molecule has 2 heterocycles. The third-order valence-corrected chi connectivity index (χ3v) is 4.67. The van der Waals surface area contributed by atoms with Crippen LogP contribution in [-0.4, -0.2) is 32.0 Å². The van der Waals surface area contributed by atoms with Crippen LogP contribution in [-0.2, 0) is 6.54 Å². The summed E-state index contributed by atoms with van der Waals surface area (Å²) in [6.07, 6.45) is 5.89. The van der Waals surface area contributed by atoms with Gasteiger partial charge in [0, 0.05) is 31.0 Å². The van der Waals surface area contributed by atoms with Gasteiger partial charge in [-0.25, -0.2) is 4.68 Å². The van der Waals surface area contributed by atoms with Crippen LogP contribution in [0.5, 0.6) is 0 Å². The molecule has 146 valence electrons. The molecule has 4 rings (SSSR count). The zero-order valence-corrected chi connectivity index (χ0v) is 16.5. The minimum absolute atomic E-state index is 0.149. The molecule has 0 aliphatic carbocycles. The number of nitrogens with zero attached hydrogens (tertiary/aromatic N) is 4. The van der Waals surface area contributed by atoms with Crippen molar-refractivity contribution in [2.45, 2.75) is 13.0 Å². The second-order valence-electron chi connectivity index (χ2n) is 6.57. The predicted octanol–water partition coefficient (Wildman–Crippen LogP) is 4.21. The van der Waals surface area contributed by atoms with E-state index in [9.17, 15) is 4.79 Å². The number of carbonyl (C=O) groups excluding carboxylic acids is 1. The summed E-state index contributed by atoms with van der Waals surface area (Å²) in [6.45, 7) is 1.21. The fourth-order valence-electron chi connectivity index (χ4n) is 3.06. The molecule has 0 unspecified atom stereocenters. The maximum absolute atomic E-state index is 12.9. The van der Waals surface area contributed by atoms with Gasteiger partial charge in [-0.2, -0.15) is 10.2 Å². The third kappa shape index (κ3) is 4.55. The summed E-state index contributed by atoms with van der Waals surface area (Å²) in [5.74, 6) is -0.149. The van der Waals surface area contributed by atoms with E-state index >= 15 is 0 Å². The first kappa shape index (κ1) is 19.0. The summed E-state index contributed by atoms with van der Waals surface area (Å²) < 4.78 is 3.50. The molecule has 0 aliphatic rings. The Morgan fingerprint density at radius 1 is 1.00 bits per heavy atom. The number of halogens is 1. The molecule has 1 N–H and O–H groups in total. The van der Waals surface area contributed by atoms with Crippen molar-refractivity contribution < 1.29 is 4.79 Å². The van der Waals surface area contributed by atoms with Crippen molar-refractivity contribution in [1.82, 2.24) is 24.9 Å². The molecule has 0 aliphatic heterocycles. The Kier molecular flexibility index (Phi) is 5.72. The molecule has 0 saturated heterocycles. The van der Waals surface area contributed by atoms with Gasteiger partial charge in [0.05, 0.1) is 22.5 Å². The molecule has 29 heavy (non-hydrogen) atoms. The molecule has 0 spiro atoms. The molecular formula is C22H20ClN5O. The van der Waals surface area contributed by atoms with Crippen LogP contribution in [0.25, 0.3) is 16.9 Å². The van der Waals surface area contributed by atoms with E-state index in [4.69, 9.17) is 11.6 Å². The molecule has 0 radical (unpaired) electrons. The summed E-state index contributed by atoms with van der Waals surface area (Å²) in [5.41, 5.74) is 3.01. The van der Waals surface area contributed by atoms with Crippen molar-refractivity contribution in [2.75, 3.05) is 6.54 Å². The number of hydrogen-bond donors (Lipinski definition) is 1. The van der Waals surface area contributed by atoms with Gasteiger partial charge in [0.25, 0.3) is 5.91 Å². The molecule has 1 amide bonds. The summed E-state index contributed by atoms with van der Waals surface area (Å²) in [5, 5.41) is 12.4. The summed E-state index contributed by atoms with van der Waals surface area (Å²) in [7, 11) is 0. The van der Waals surface area contributed by atoms with E-state index in [1.54, 1.807) is 28.0 Å². The smallest absolute Gasteiger partial charge is 0.255 e. The predicted molar refractivity (Wildman–Crippen MR) is 113 cm³/mol. The first-order valence-electron chi connectivity index (χ1n) is 9.37. The Morgan fingerprint density at radius 2 is 1.72 bits per heavy atom. The van der Waals surface area contributed by atoms with E-state index in [0.717, 1.165) is 17.7 Å². The van der Waals surface area contributed by atoms with Gasteiger partial charge in [0.1, 0.15) is 5.69 Å². The molecular weight excluding hydrogens is 386 g/mol. The molecule has 0 saturated carbocycles. The van der Waals surface area contributed by atoms with Crippen molar-refractivity contribution >= 4 is 17.5 Å². The highest BCUT2D eigenvalue weighted by Crippen LogP contribution is 2.23. The number of carbonyl (C=O) groups is 1. The molecule has 2 aromatic heterocycles. The van der Waals surface area contributed by atoms with E-state index in [1.165, 1.54) is 0 Å². The zero-order chi connectivity index (χ0) is 20.1. The number of benzene rings is 2. The standard InChI is InChI=1S/C22H20ClN5O/c23-18-14-25-27(15-18)13-7-12-24-22(29)20-16-28(19-10-5-2-6-11-19)26-21(20)17-8-3-1-4-9-17/h1-6,8-11,14-16H,7,12-13H2,(H,24,29). The monoisotopic (exact) mass is 405 g/mol. The van der Waals surface area contributed by atoms with E-state index in [0.29, 0.717) is 29.4 Å². The van der Waals surface area contributed by atoms with E-state index < -0.39 is 0 Å². The van der Waals surface area contributed by atoms with E-state index in [2.05, 4.69) is 15.5 Å². The van der Waals surface area contributed by atoms with Gasteiger partial charge in [0.15, 0.2) is 0 Å². The summed E-state index contributed by atoms with van der Waals surface area (Å²) in [6, 6.07) is 19.5. The molecule has 4 aromatic rings. The minimum Gasteiger partial charge on any atom is -0.352 e. The van der Waals surface area contributed by atoms with Crippen LogP contribution in [0, 0.1) is 0 Å². The molecule has 6 nitrogen and oxygen atoms in total. The van der Waals surface area contributed by atoms with Gasteiger partial charge < -0.3 is 5.32 Å². The normalized spacial score (nSPS) is 10.8. The van der Waals surface area contributed by atoms with Crippen LogP contribution in [0.1, 0.15) is 16.8 Å². The van der Waals surface area contributed by atoms with Crippen molar-refractivity contribution in [3.8, 4) is 16.9 Å². The lowest BCUT2D eigenvalue weighted by molar-refractivity contribution is 0.0953. The molecule has 0 atom stereocenters. The number of aromatic nitrogens is 4. The Morgan fingerprint density at radius 3 is 2.41 bits per heavy atom. The number of hydrogen-bond acceptors (Lipinski definition) is 3. The number of amides is 1. The topological polar surface area (TPSA) is 64.7 Å². The lowest BCUT2D eigenvalue weighted by atomic mass is 10.1. The van der Waals surface area contributed by atoms with E-state index in [-0.39, 0.29) is 5.91 Å². The van der Waals surface area contributed by atoms with Crippen LogP contribution < -0.4 is 5.32 Å². The molecule has 7 heteroatoms. The van der Waals surface area contributed by atoms with Crippen LogP contribution in [0.4, 0.5) is 0 Å². The Bertz CT molecular complexity index is 1090. The summed E-state index contributed by atoms with van der Waals surface area (Å²) >= 11 is 5.87. The van der Waals surface area contributed by atoms with E-state index in [1.807, 2.05) is 60.7 Å². The second-order valence-corrected chi connectivity index (χ2v) is 7.01. The first-order valence-corrected chi connectivity index (χ1v) is 9.75. The second kappa shape index (κ2) is 8.75. The number of nitrogens with one attached hydrogen (secondary N) is 1. The van der Waals surface area contributed by atoms with Gasteiger partial charge >= 0.3 is 0 Å². The van der Waals surface area contributed by atoms with Gasteiger partial charge in [-0.05, 0) is 18.6 Å². The highest BCUT2D eigenvalue weighted by atomic mass is 35.5. The third-order valence-electron chi connectivity index (χ3n) is 4.48. The van der Waals surface area contributed by atoms with Crippen LogP contribution in [0.2, 0.25) is 5.02 Å². The number of aryl methyl sites for hydroxylation is 1. The van der Waals surface area contributed by atoms with Gasteiger partial charge in [-0.1, -0.05) is 60.1 Å². The van der Waals surface area contributed by atoms with Crippen molar-refractivity contribution in [1.29, 1.82) is 0 Å². The Hall–Kier alpha value is -3.38. The summed E-state index contributed by atoms with van der Waals surface area (Å²) in [4.78, 5) is 12.9. The zero-order valence-electron chi connectivity index (χ0n) is 15.7. The van der Waals surface area contributed by atoms with Crippen molar-refractivity contribution in [3.05, 3.63) is 89.8 Å². The fraction of sp³-hybridized carbons (Fsp3) is 0.136. The number of para-hydroxylation sites is 1. The average Bonchev–Trinajstić information content (AvgIpc) is 3.39. The van der Waals surface area contributed by atoms with Gasteiger partial charge in [-0.3, -0.25) is 9.48 Å². The van der Waals surface area contributed by atoms with Gasteiger partial charge in [0.2, 0.25) is 0 Å². The Balaban J connectivity index is 1.51. The van der Waals surface area contributed by atoms with Crippen molar-refractivity contribution in [2.24, 2.45) is 0 Å². The average molecular weight is 406 g/mol. The molecule has 0 fully saturated rings. The van der Waals surface area contributed by atoms with Crippen LogP contribution >= 0.6 is 11.6 Å².